The predicted octanol–water partition coefficient (Wildman–Crippen LogP) is 2.23. The minimum atomic E-state index is -3.71. The zero-order chi connectivity index (χ0) is 19.9. The molecular formula is C19H24FN3O3S. The molecule has 0 atom stereocenters. The lowest BCUT2D eigenvalue weighted by Crippen LogP contribution is -2.41. The molecule has 8 heteroatoms. The van der Waals surface area contributed by atoms with Crippen LogP contribution in [0.1, 0.15) is 6.42 Å². The minimum Gasteiger partial charge on any atom is -0.375 e. The van der Waals surface area contributed by atoms with Crippen molar-refractivity contribution in [3.05, 3.63) is 60.4 Å². The maximum atomic E-state index is 13.4. The van der Waals surface area contributed by atoms with Crippen LogP contribution in [-0.2, 0) is 14.8 Å². The normalized spacial score (nSPS) is 11.1. The molecule has 0 aliphatic carbocycles. The van der Waals surface area contributed by atoms with Gasteiger partial charge < -0.3 is 10.2 Å². The minimum absolute atomic E-state index is 0.122. The number of para-hydroxylation sites is 1. The average Bonchev–Trinajstić information content (AvgIpc) is 2.63. The molecule has 27 heavy (non-hydrogen) atoms. The molecule has 0 radical (unpaired) electrons. The van der Waals surface area contributed by atoms with Crippen LogP contribution in [0.15, 0.2) is 54.6 Å². The van der Waals surface area contributed by atoms with E-state index < -0.39 is 28.3 Å². The molecule has 0 bridgehead atoms. The number of sulfonamides is 1. The Hall–Kier alpha value is -2.61. The molecule has 0 saturated heterocycles. The lowest BCUT2D eigenvalue weighted by molar-refractivity contribution is -0.119. The van der Waals surface area contributed by atoms with Gasteiger partial charge in [0.05, 0.1) is 11.9 Å². The lowest BCUT2D eigenvalue weighted by atomic mass is 10.3. The number of amides is 1. The first-order valence-electron chi connectivity index (χ1n) is 8.53. The van der Waals surface area contributed by atoms with E-state index in [-0.39, 0.29) is 5.69 Å². The van der Waals surface area contributed by atoms with Crippen molar-refractivity contribution in [3.63, 3.8) is 0 Å². The van der Waals surface area contributed by atoms with Crippen LogP contribution in [0.3, 0.4) is 0 Å². The summed E-state index contributed by atoms with van der Waals surface area (Å²) < 4.78 is 38.2. The molecule has 0 fully saturated rings. The number of benzene rings is 2. The average molecular weight is 393 g/mol. The SMILES string of the molecule is CN(CCCNC(=O)CN(c1cccc(F)c1)S(C)(=O)=O)c1ccccc1. The van der Waals surface area contributed by atoms with Crippen LogP contribution in [0.2, 0.25) is 0 Å². The summed E-state index contributed by atoms with van der Waals surface area (Å²) >= 11 is 0. The molecule has 0 aromatic heterocycles. The topological polar surface area (TPSA) is 69.7 Å². The number of carbonyl (C=O) groups is 1. The van der Waals surface area contributed by atoms with Gasteiger partial charge in [-0.15, -0.1) is 0 Å². The van der Waals surface area contributed by atoms with Crippen LogP contribution in [0, 0.1) is 5.82 Å². The summed E-state index contributed by atoms with van der Waals surface area (Å²) in [5.41, 5.74) is 1.20. The second-order valence-corrected chi connectivity index (χ2v) is 8.12. The second-order valence-electron chi connectivity index (χ2n) is 6.21. The monoisotopic (exact) mass is 393 g/mol. The molecule has 1 amide bonds. The van der Waals surface area contributed by atoms with Crippen LogP contribution in [0.4, 0.5) is 15.8 Å². The smallest absolute Gasteiger partial charge is 0.240 e. The van der Waals surface area contributed by atoms with E-state index in [0.29, 0.717) is 13.0 Å². The van der Waals surface area contributed by atoms with Crippen LogP contribution < -0.4 is 14.5 Å². The van der Waals surface area contributed by atoms with E-state index >= 15 is 0 Å². The van der Waals surface area contributed by atoms with Gasteiger partial charge >= 0.3 is 0 Å². The first-order chi connectivity index (χ1) is 12.8. The number of carbonyl (C=O) groups excluding carboxylic acids is 1. The van der Waals surface area contributed by atoms with E-state index in [9.17, 15) is 17.6 Å². The number of halogens is 1. The molecule has 6 nitrogen and oxygen atoms in total. The fraction of sp³-hybridized carbons (Fsp3) is 0.316. The van der Waals surface area contributed by atoms with Gasteiger partial charge in [0.1, 0.15) is 12.4 Å². The Morgan fingerprint density at radius 3 is 2.37 bits per heavy atom. The first kappa shape index (κ1) is 20.7. The molecule has 0 unspecified atom stereocenters. The van der Waals surface area contributed by atoms with Gasteiger partial charge in [0.25, 0.3) is 0 Å². The van der Waals surface area contributed by atoms with Crippen LogP contribution in [-0.4, -0.2) is 47.3 Å². The first-order valence-corrected chi connectivity index (χ1v) is 10.4. The third-order valence-corrected chi connectivity index (χ3v) is 5.11. The molecule has 0 heterocycles. The fourth-order valence-electron chi connectivity index (χ4n) is 2.57. The highest BCUT2D eigenvalue weighted by Gasteiger charge is 2.21. The van der Waals surface area contributed by atoms with Gasteiger partial charge in [0.2, 0.25) is 15.9 Å². The zero-order valence-electron chi connectivity index (χ0n) is 15.4. The molecule has 0 saturated carbocycles. The summed E-state index contributed by atoms with van der Waals surface area (Å²) in [6, 6.07) is 15.0. The van der Waals surface area contributed by atoms with Crippen LogP contribution in [0.5, 0.6) is 0 Å². The molecule has 2 rings (SSSR count). The summed E-state index contributed by atoms with van der Waals surface area (Å²) in [4.78, 5) is 14.2. The summed E-state index contributed by atoms with van der Waals surface area (Å²) in [7, 11) is -1.75. The Labute approximate surface area is 159 Å². The summed E-state index contributed by atoms with van der Waals surface area (Å²) in [6.45, 7) is 0.761. The Morgan fingerprint density at radius 1 is 1.07 bits per heavy atom. The zero-order valence-corrected chi connectivity index (χ0v) is 16.2. The quantitative estimate of drug-likeness (QED) is 0.664. The molecule has 1 N–H and O–H groups in total. The number of anilines is 2. The number of hydrogen-bond donors (Lipinski definition) is 1. The van der Waals surface area contributed by atoms with Crippen LogP contribution >= 0.6 is 0 Å². The molecule has 2 aromatic rings. The molecular weight excluding hydrogens is 369 g/mol. The van der Waals surface area contributed by atoms with E-state index in [0.717, 1.165) is 28.9 Å². The summed E-state index contributed by atoms with van der Waals surface area (Å²) in [5, 5.41) is 2.71. The molecule has 146 valence electrons. The second kappa shape index (κ2) is 9.36. The molecule has 0 spiro atoms. The van der Waals surface area contributed by atoms with E-state index in [2.05, 4.69) is 10.2 Å². The largest absolute Gasteiger partial charge is 0.375 e. The van der Waals surface area contributed by atoms with Gasteiger partial charge in [0, 0.05) is 25.8 Å². The third-order valence-electron chi connectivity index (χ3n) is 3.97. The van der Waals surface area contributed by atoms with Gasteiger partial charge in [-0.05, 0) is 36.8 Å². The number of nitrogens with zero attached hydrogens (tertiary/aromatic N) is 2. The maximum Gasteiger partial charge on any atom is 0.240 e. The van der Waals surface area contributed by atoms with E-state index in [4.69, 9.17) is 0 Å². The number of hydrogen-bond acceptors (Lipinski definition) is 4. The molecule has 0 aliphatic heterocycles. The maximum absolute atomic E-state index is 13.4. The van der Waals surface area contributed by atoms with Crippen molar-refractivity contribution >= 4 is 27.3 Å². The van der Waals surface area contributed by atoms with E-state index in [1.165, 1.54) is 18.2 Å². The lowest BCUT2D eigenvalue weighted by Gasteiger charge is -2.22. The van der Waals surface area contributed by atoms with E-state index in [1.807, 2.05) is 37.4 Å². The van der Waals surface area contributed by atoms with Crippen LogP contribution in [0.25, 0.3) is 0 Å². The van der Waals surface area contributed by atoms with Crippen molar-refractivity contribution in [1.82, 2.24) is 5.32 Å². The molecule has 0 aliphatic rings. The highest BCUT2D eigenvalue weighted by Crippen LogP contribution is 2.18. The Balaban J connectivity index is 1.86. The van der Waals surface area contributed by atoms with Crippen molar-refractivity contribution in [1.29, 1.82) is 0 Å². The fourth-order valence-corrected chi connectivity index (χ4v) is 3.42. The highest BCUT2D eigenvalue weighted by molar-refractivity contribution is 7.92. The summed E-state index contributed by atoms with van der Waals surface area (Å²) in [6.07, 6.45) is 1.69. The molecule has 2 aromatic carbocycles. The number of rotatable bonds is 9. The van der Waals surface area contributed by atoms with Crippen molar-refractivity contribution in [2.45, 2.75) is 6.42 Å². The van der Waals surface area contributed by atoms with E-state index in [1.54, 1.807) is 0 Å². The van der Waals surface area contributed by atoms with Gasteiger partial charge in [-0.25, -0.2) is 12.8 Å². The van der Waals surface area contributed by atoms with Gasteiger partial charge in [0.15, 0.2) is 0 Å². The summed E-state index contributed by atoms with van der Waals surface area (Å²) in [5.74, 6) is -1.00. The standard InChI is InChI=1S/C19H24FN3O3S/c1-22(17-9-4-3-5-10-17)13-7-12-21-19(24)15-23(27(2,25)26)18-11-6-8-16(20)14-18/h3-6,8-11,14H,7,12-13,15H2,1-2H3,(H,21,24). The van der Waals surface area contributed by atoms with Gasteiger partial charge in [-0.2, -0.15) is 0 Å². The van der Waals surface area contributed by atoms with Gasteiger partial charge in [-0.1, -0.05) is 24.3 Å². The third kappa shape index (κ3) is 6.56. The van der Waals surface area contributed by atoms with Crippen molar-refractivity contribution in [2.24, 2.45) is 0 Å². The Morgan fingerprint density at radius 2 is 1.74 bits per heavy atom. The predicted molar refractivity (Wildman–Crippen MR) is 106 cm³/mol. The Kier molecular flexibility index (Phi) is 7.18. The Bertz CT molecular complexity index is 860. The highest BCUT2D eigenvalue weighted by atomic mass is 32.2. The van der Waals surface area contributed by atoms with Crippen molar-refractivity contribution in [3.8, 4) is 0 Å². The van der Waals surface area contributed by atoms with Gasteiger partial charge in [-0.3, -0.25) is 9.10 Å². The van der Waals surface area contributed by atoms with Crippen molar-refractivity contribution in [2.75, 3.05) is 42.1 Å². The number of nitrogens with one attached hydrogen (secondary N) is 1. The van der Waals surface area contributed by atoms with Crippen molar-refractivity contribution < 1.29 is 17.6 Å².